The van der Waals surface area contributed by atoms with Crippen LogP contribution in [0, 0.1) is 11.3 Å². The molecule has 2 N–H and O–H groups in total. The molecule has 0 radical (unpaired) electrons. The number of ether oxygens (including phenoxy) is 2. The van der Waals surface area contributed by atoms with Gasteiger partial charge >= 0.3 is 6.09 Å². The molecule has 7 heteroatoms. The number of carbonyl (C=O) groups excluding carboxylic acids is 1. The van der Waals surface area contributed by atoms with Gasteiger partial charge in [-0.25, -0.2) is 9.36 Å². The Morgan fingerprint density at radius 3 is 2.71 bits per heavy atom. The molecule has 0 saturated heterocycles. The lowest BCUT2D eigenvalue weighted by Gasteiger charge is -2.20. The molecule has 1 aromatic heterocycles. The van der Waals surface area contributed by atoms with Crippen molar-refractivity contribution >= 4 is 17.0 Å². The van der Waals surface area contributed by atoms with Crippen molar-refractivity contribution in [2.24, 2.45) is 0 Å². The zero-order valence-corrected chi connectivity index (χ0v) is 13.8. The summed E-state index contributed by atoms with van der Waals surface area (Å²) in [5, 5.41) is 28.1. The van der Waals surface area contributed by atoms with Gasteiger partial charge < -0.3 is 19.7 Å². The number of hydrogen-bond donors (Lipinski definition) is 2. The third-order valence-corrected chi connectivity index (χ3v) is 3.14. The predicted octanol–water partition coefficient (Wildman–Crippen LogP) is 2.03. The molecule has 128 valence electrons. The first-order valence-corrected chi connectivity index (χ1v) is 7.46. The lowest BCUT2D eigenvalue weighted by molar-refractivity contribution is 0.0538. The first kappa shape index (κ1) is 17.8. The van der Waals surface area contributed by atoms with E-state index in [0.717, 1.165) is 0 Å². The summed E-state index contributed by atoms with van der Waals surface area (Å²) in [6, 6.07) is 8.51. The van der Waals surface area contributed by atoms with Crippen LogP contribution in [0.3, 0.4) is 0 Å². The zero-order chi connectivity index (χ0) is 17.9. The molecule has 1 heterocycles. The molecule has 0 bridgehead atoms. The fraction of sp³-hybridized carbons (Fsp3) is 0.412. The van der Waals surface area contributed by atoms with Gasteiger partial charge in [0.2, 0.25) is 0 Å². The molecule has 0 saturated carbocycles. The van der Waals surface area contributed by atoms with E-state index in [9.17, 15) is 15.2 Å². The molecule has 1 atom stereocenters. The van der Waals surface area contributed by atoms with E-state index in [1.54, 1.807) is 39.0 Å². The van der Waals surface area contributed by atoms with E-state index in [1.807, 2.05) is 6.07 Å². The van der Waals surface area contributed by atoms with Gasteiger partial charge in [0.15, 0.2) is 0 Å². The van der Waals surface area contributed by atoms with Gasteiger partial charge in [-0.3, -0.25) is 0 Å². The van der Waals surface area contributed by atoms with E-state index in [1.165, 1.54) is 10.6 Å². The number of nitriles is 1. The molecule has 24 heavy (non-hydrogen) atoms. The monoisotopic (exact) mass is 332 g/mol. The molecule has 2 rings (SSSR count). The molecule has 7 nitrogen and oxygen atoms in total. The van der Waals surface area contributed by atoms with E-state index in [4.69, 9.17) is 14.6 Å². The summed E-state index contributed by atoms with van der Waals surface area (Å²) in [6.45, 7) is 4.71. The zero-order valence-electron chi connectivity index (χ0n) is 13.8. The van der Waals surface area contributed by atoms with Gasteiger partial charge in [0.05, 0.1) is 12.1 Å². The van der Waals surface area contributed by atoms with Crippen molar-refractivity contribution in [2.75, 3.05) is 13.2 Å². The fourth-order valence-corrected chi connectivity index (χ4v) is 2.15. The summed E-state index contributed by atoms with van der Waals surface area (Å²) in [5.41, 5.74) is -0.102. The van der Waals surface area contributed by atoms with Crippen LogP contribution in [0.5, 0.6) is 5.75 Å². The molecule has 1 aromatic carbocycles. The molecule has 0 aliphatic carbocycles. The molecule has 0 spiro atoms. The molecule has 1 unspecified atom stereocenters. The fourth-order valence-electron chi connectivity index (χ4n) is 2.15. The summed E-state index contributed by atoms with van der Waals surface area (Å²) in [6.07, 6.45) is -1.66. The first-order valence-electron chi connectivity index (χ1n) is 7.46. The van der Waals surface area contributed by atoms with E-state index in [2.05, 4.69) is 0 Å². The van der Waals surface area contributed by atoms with Gasteiger partial charge in [0, 0.05) is 5.39 Å². The number of fused-ring (bicyclic) bond motifs is 1. The highest BCUT2D eigenvalue weighted by Crippen LogP contribution is 2.29. The summed E-state index contributed by atoms with van der Waals surface area (Å²) < 4.78 is 12.0. The van der Waals surface area contributed by atoms with Gasteiger partial charge in [-0.2, -0.15) is 5.26 Å². The second kappa shape index (κ2) is 6.91. The van der Waals surface area contributed by atoms with Gasteiger partial charge in [0.1, 0.15) is 35.8 Å². The van der Waals surface area contributed by atoms with Crippen LogP contribution in [0.2, 0.25) is 0 Å². The highest BCUT2D eigenvalue weighted by molar-refractivity contribution is 5.95. The average Bonchev–Trinajstić information content (AvgIpc) is 2.89. The van der Waals surface area contributed by atoms with E-state index >= 15 is 0 Å². The lowest BCUT2D eigenvalue weighted by Crippen LogP contribution is -2.27. The Hall–Kier alpha value is -2.56. The largest absolute Gasteiger partial charge is 0.490 e. The normalized spacial score (nSPS) is 12.7. The third kappa shape index (κ3) is 3.85. The predicted molar refractivity (Wildman–Crippen MR) is 86.9 cm³/mol. The SMILES string of the molecule is CC(C)(C)OC(=O)n1c(C#N)cc2c(OCC(O)CO)cccc21. The van der Waals surface area contributed by atoms with Crippen molar-refractivity contribution < 1.29 is 24.5 Å². The maximum absolute atomic E-state index is 12.4. The summed E-state index contributed by atoms with van der Waals surface area (Å²) in [5.74, 6) is 0.402. The minimum absolute atomic E-state index is 0.102. The van der Waals surface area contributed by atoms with Gasteiger partial charge in [0.25, 0.3) is 0 Å². The maximum atomic E-state index is 12.4. The van der Waals surface area contributed by atoms with Gasteiger partial charge in [-0.05, 0) is 39.0 Å². The van der Waals surface area contributed by atoms with Crippen LogP contribution in [-0.4, -0.2) is 45.8 Å². The standard InChI is InChI=1S/C17H20N2O5/c1-17(2,3)24-16(22)19-11(8-18)7-13-14(19)5-4-6-15(13)23-10-12(21)9-20/h4-7,12,20-21H,9-10H2,1-3H3. The summed E-state index contributed by atoms with van der Waals surface area (Å²) in [4.78, 5) is 12.4. The summed E-state index contributed by atoms with van der Waals surface area (Å²) in [7, 11) is 0. The van der Waals surface area contributed by atoms with Crippen LogP contribution >= 0.6 is 0 Å². The second-order valence-electron chi connectivity index (χ2n) is 6.29. The summed E-state index contributed by atoms with van der Waals surface area (Å²) >= 11 is 0. The van der Waals surface area contributed by atoms with Gasteiger partial charge in [-0.15, -0.1) is 0 Å². The second-order valence-corrected chi connectivity index (χ2v) is 6.29. The Bertz CT molecular complexity index is 783. The highest BCUT2D eigenvalue weighted by atomic mass is 16.6. The first-order chi connectivity index (χ1) is 11.3. The maximum Gasteiger partial charge on any atom is 0.420 e. The number of aromatic nitrogens is 1. The minimum atomic E-state index is -1.01. The molecular weight excluding hydrogens is 312 g/mol. The molecule has 0 aliphatic heterocycles. The lowest BCUT2D eigenvalue weighted by atomic mass is 10.2. The van der Waals surface area contributed by atoms with Crippen molar-refractivity contribution in [3.8, 4) is 11.8 Å². The van der Waals surface area contributed by atoms with E-state index in [0.29, 0.717) is 16.7 Å². The third-order valence-electron chi connectivity index (χ3n) is 3.14. The number of benzene rings is 1. The number of aliphatic hydroxyl groups is 2. The van der Waals surface area contributed by atoms with Crippen molar-refractivity contribution in [2.45, 2.75) is 32.5 Å². The molecule has 0 amide bonds. The number of rotatable bonds is 4. The Morgan fingerprint density at radius 1 is 1.42 bits per heavy atom. The average molecular weight is 332 g/mol. The smallest absolute Gasteiger partial charge is 0.420 e. The Kier molecular flexibility index (Phi) is 5.12. The molecular formula is C17H20N2O5. The quantitative estimate of drug-likeness (QED) is 0.887. The van der Waals surface area contributed by atoms with Crippen molar-refractivity contribution in [1.82, 2.24) is 4.57 Å². The topological polar surface area (TPSA) is 105 Å². The van der Waals surface area contributed by atoms with Crippen LogP contribution < -0.4 is 4.74 Å². The van der Waals surface area contributed by atoms with Crippen LogP contribution in [0.15, 0.2) is 24.3 Å². The minimum Gasteiger partial charge on any atom is -0.490 e. The van der Waals surface area contributed by atoms with Crippen LogP contribution in [0.4, 0.5) is 4.79 Å². The number of hydrogen-bond acceptors (Lipinski definition) is 6. The van der Waals surface area contributed by atoms with Crippen molar-refractivity contribution in [3.63, 3.8) is 0 Å². The van der Waals surface area contributed by atoms with Crippen LogP contribution in [0.25, 0.3) is 10.9 Å². The number of carbonyl (C=O) groups is 1. The number of aliphatic hydroxyl groups excluding tert-OH is 2. The van der Waals surface area contributed by atoms with E-state index < -0.39 is 24.4 Å². The number of nitrogens with zero attached hydrogens (tertiary/aromatic N) is 2. The Morgan fingerprint density at radius 2 is 2.12 bits per heavy atom. The molecule has 0 fully saturated rings. The molecule has 2 aromatic rings. The van der Waals surface area contributed by atoms with Crippen LogP contribution in [-0.2, 0) is 4.74 Å². The highest BCUT2D eigenvalue weighted by Gasteiger charge is 2.23. The molecule has 0 aliphatic rings. The Labute approximate surface area is 139 Å². The van der Waals surface area contributed by atoms with Crippen molar-refractivity contribution in [3.05, 3.63) is 30.0 Å². The van der Waals surface area contributed by atoms with Gasteiger partial charge in [-0.1, -0.05) is 6.07 Å². The Balaban J connectivity index is 2.46. The van der Waals surface area contributed by atoms with Crippen LogP contribution in [0.1, 0.15) is 26.5 Å². The van der Waals surface area contributed by atoms with E-state index in [-0.39, 0.29) is 12.3 Å². The van der Waals surface area contributed by atoms with Crippen molar-refractivity contribution in [1.29, 1.82) is 5.26 Å².